The van der Waals surface area contributed by atoms with Crippen LogP contribution in [0.25, 0.3) is 10.9 Å². The van der Waals surface area contributed by atoms with E-state index in [1.165, 1.54) is 6.33 Å². The molecule has 3 N–H and O–H groups in total. The molecule has 2 aromatic heterocycles. The molecular weight excluding hydrogens is 280 g/mol. The van der Waals surface area contributed by atoms with Gasteiger partial charge in [-0.15, -0.1) is 0 Å². The van der Waals surface area contributed by atoms with Gasteiger partial charge in [0.05, 0.1) is 17.5 Å². The summed E-state index contributed by atoms with van der Waals surface area (Å²) in [6.07, 6.45) is 2.86. The zero-order valence-corrected chi connectivity index (χ0v) is 10.9. The number of rotatable bonds is 2. The van der Waals surface area contributed by atoms with E-state index in [1.54, 1.807) is 24.4 Å². The standard InChI is InChI=1S/C13H9ClN4O2/c14-10-12(19)17-6-18-13(10)20-9-4-3-8(15)11-7(9)2-1-5-16-11/h1-6H,15H2,(H,17,18,19). The Morgan fingerprint density at radius 1 is 1.25 bits per heavy atom. The molecule has 6 nitrogen and oxygen atoms in total. The Morgan fingerprint density at radius 3 is 2.95 bits per heavy atom. The molecule has 0 fully saturated rings. The third-order valence-corrected chi connectivity index (χ3v) is 3.07. The highest BCUT2D eigenvalue weighted by Crippen LogP contribution is 2.32. The van der Waals surface area contributed by atoms with Crippen LogP contribution in [0, 0.1) is 0 Å². The first-order valence-electron chi connectivity index (χ1n) is 5.71. The Bertz CT molecular complexity index is 847. The Kier molecular flexibility index (Phi) is 3.00. The molecule has 3 rings (SSSR count). The predicted octanol–water partition coefficient (Wildman–Crippen LogP) is 2.35. The summed E-state index contributed by atoms with van der Waals surface area (Å²) in [6.45, 7) is 0. The molecule has 0 aliphatic carbocycles. The molecular formula is C13H9ClN4O2. The van der Waals surface area contributed by atoms with Gasteiger partial charge in [0.15, 0.2) is 5.02 Å². The highest BCUT2D eigenvalue weighted by Gasteiger charge is 2.11. The molecule has 0 bridgehead atoms. The second kappa shape index (κ2) is 4.82. The lowest BCUT2D eigenvalue weighted by molar-refractivity contribution is 0.466. The minimum absolute atomic E-state index is 0.0327. The number of hydrogen-bond donors (Lipinski definition) is 2. The molecule has 0 amide bonds. The van der Waals surface area contributed by atoms with E-state index in [1.807, 2.05) is 6.07 Å². The van der Waals surface area contributed by atoms with Crippen LogP contribution in [-0.2, 0) is 0 Å². The minimum atomic E-state index is -0.463. The van der Waals surface area contributed by atoms with E-state index in [0.717, 1.165) is 0 Å². The fraction of sp³-hybridized carbons (Fsp3) is 0. The van der Waals surface area contributed by atoms with E-state index < -0.39 is 5.56 Å². The molecule has 0 saturated heterocycles. The first kappa shape index (κ1) is 12.4. The van der Waals surface area contributed by atoms with Gasteiger partial charge in [-0.25, -0.2) is 4.98 Å². The van der Waals surface area contributed by atoms with Crippen molar-refractivity contribution in [1.82, 2.24) is 15.0 Å². The number of benzene rings is 1. The van der Waals surface area contributed by atoms with Crippen LogP contribution >= 0.6 is 11.6 Å². The first-order chi connectivity index (χ1) is 9.66. The lowest BCUT2D eigenvalue weighted by Gasteiger charge is -2.09. The lowest BCUT2D eigenvalue weighted by atomic mass is 10.2. The van der Waals surface area contributed by atoms with Crippen LogP contribution in [0.5, 0.6) is 11.6 Å². The summed E-state index contributed by atoms with van der Waals surface area (Å²) < 4.78 is 5.60. The van der Waals surface area contributed by atoms with Crippen molar-refractivity contribution in [3.63, 3.8) is 0 Å². The van der Waals surface area contributed by atoms with Crippen molar-refractivity contribution in [3.05, 3.63) is 52.2 Å². The third-order valence-electron chi connectivity index (χ3n) is 2.73. The number of nitrogens with zero attached hydrogens (tertiary/aromatic N) is 2. The smallest absolute Gasteiger partial charge is 0.273 e. The van der Waals surface area contributed by atoms with Gasteiger partial charge in [0.2, 0.25) is 5.88 Å². The maximum absolute atomic E-state index is 11.4. The van der Waals surface area contributed by atoms with Crippen molar-refractivity contribution < 1.29 is 4.74 Å². The number of nitrogen functional groups attached to an aromatic ring is 1. The van der Waals surface area contributed by atoms with Gasteiger partial charge >= 0.3 is 0 Å². The topological polar surface area (TPSA) is 93.9 Å². The molecule has 0 unspecified atom stereocenters. The maximum atomic E-state index is 11.4. The number of H-pyrrole nitrogens is 1. The molecule has 0 aliphatic rings. The Labute approximate surface area is 118 Å². The average molecular weight is 289 g/mol. The monoisotopic (exact) mass is 288 g/mol. The summed E-state index contributed by atoms with van der Waals surface area (Å²) in [5.41, 5.74) is 6.55. The van der Waals surface area contributed by atoms with Gasteiger partial charge in [-0.1, -0.05) is 11.6 Å². The van der Waals surface area contributed by atoms with Crippen LogP contribution in [0.3, 0.4) is 0 Å². The molecule has 0 aliphatic heterocycles. The fourth-order valence-electron chi connectivity index (χ4n) is 1.80. The van der Waals surface area contributed by atoms with Gasteiger partial charge in [0.1, 0.15) is 5.75 Å². The number of aromatic amines is 1. The van der Waals surface area contributed by atoms with Crippen LogP contribution in [0.2, 0.25) is 5.02 Å². The second-order valence-electron chi connectivity index (χ2n) is 4.01. The summed E-state index contributed by atoms with van der Waals surface area (Å²) in [6, 6.07) is 6.93. The molecule has 0 atom stereocenters. The van der Waals surface area contributed by atoms with E-state index in [2.05, 4.69) is 15.0 Å². The number of nitrogens with one attached hydrogen (secondary N) is 1. The van der Waals surface area contributed by atoms with Gasteiger partial charge in [-0.3, -0.25) is 9.78 Å². The van der Waals surface area contributed by atoms with E-state index in [0.29, 0.717) is 22.3 Å². The zero-order chi connectivity index (χ0) is 14.1. The van der Waals surface area contributed by atoms with Crippen LogP contribution in [0.4, 0.5) is 5.69 Å². The van der Waals surface area contributed by atoms with Gasteiger partial charge < -0.3 is 15.5 Å². The number of hydrogen-bond acceptors (Lipinski definition) is 5. The molecule has 2 heterocycles. The van der Waals surface area contributed by atoms with Gasteiger partial charge in [-0.05, 0) is 24.3 Å². The Hall–Kier alpha value is -2.60. The maximum Gasteiger partial charge on any atom is 0.273 e. The normalized spacial score (nSPS) is 10.7. The van der Waals surface area contributed by atoms with E-state index >= 15 is 0 Å². The molecule has 0 radical (unpaired) electrons. The SMILES string of the molecule is Nc1ccc(Oc2nc[nH]c(=O)c2Cl)c2cccnc12. The minimum Gasteiger partial charge on any atom is -0.437 e. The van der Waals surface area contributed by atoms with Crippen molar-refractivity contribution in [2.24, 2.45) is 0 Å². The van der Waals surface area contributed by atoms with Crippen molar-refractivity contribution in [2.45, 2.75) is 0 Å². The number of ether oxygens (including phenoxy) is 1. The van der Waals surface area contributed by atoms with Crippen molar-refractivity contribution >= 4 is 28.2 Å². The Balaban J connectivity index is 2.14. The Morgan fingerprint density at radius 2 is 2.10 bits per heavy atom. The number of pyridine rings is 1. The predicted molar refractivity (Wildman–Crippen MR) is 76.1 cm³/mol. The molecule has 0 spiro atoms. The summed E-state index contributed by atoms with van der Waals surface area (Å²) in [7, 11) is 0. The number of fused-ring (bicyclic) bond motifs is 1. The molecule has 7 heteroatoms. The van der Waals surface area contributed by atoms with Gasteiger partial charge in [-0.2, -0.15) is 0 Å². The van der Waals surface area contributed by atoms with Crippen LogP contribution in [0.1, 0.15) is 0 Å². The largest absolute Gasteiger partial charge is 0.437 e. The molecule has 100 valence electrons. The number of aromatic nitrogens is 3. The fourth-order valence-corrected chi connectivity index (χ4v) is 1.94. The second-order valence-corrected chi connectivity index (χ2v) is 4.38. The summed E-state index contributed by atoms with van der Waals surface area (Å²) in [5, 5.41) is 0.604. The highest BCUT2D eigenvalue weighted by atomic mass is 35.5. The molecule has 1 aromatic carbocycles. The van der Waals surface area contributed by atoms with Gasteiger partial charge in [0, 0.05) is 11.6 Å². The summed E-state index contributed by atoms with van der Waals surface area (Å²) in [4.78, 5) is 21.9. The molecule has 20 heavy (non-hydrogen) atoms. The average Bonchev–Trinajstić information content (AvgIpc) is 2.47. The quantitative estimate of drug-likeness (QED) is 0.706. The lowest BCUT2D eigenvalue weighted by Crippen LogP contribution is -2.08. The number of nitrogens with two attached hydrogens (primary N) is 1. The zero-order valence-electron chi connectivity index (χ0n) is 10.1. The molecule has 0 saturated carbocycles. The summed E-state index contributed by atoms with van der Waals surface area (Å²) in [5.74, 6) is 0.507. The van der Waals surface area contributed by atoms with Crippen LogP contribution < -0.4 is 16.0 Å². The molecule has 3 aromatic rings. The van der Waals surface area contributed by atoms with Crippen molar-refractivity contribution in [1.29, 1.82) is 0 Å². The van der Waals surface area contributed by atoms with E-state index in [9.17, 15) is 4.79 Å². The van der Waals surface area contributed by atoms with Crippen LogP contribution in [0.15, 0.2) is 41.6 Å². The van der Waals surface area contributed by atoms with E-state index in [-0.39, 0.29) is 10.9 Å². The number of anilines is 1. The van der Waals surface area contributed by atoms with Gasteiger partial charge in [0.25, 0.3) is 5.56 Å². The van der Waals surface area contributed by atoms with E-state index in [4.69, 9.17) is 22.1 Å². The van der Waals surface area contributed by atoms with Crippen molar-refractivity contribution in [3.8, 4) is 11.6 Å². The van der Waals surface area contributed by atoms with Crippen molar-refractivity contribution in [2.75, 3.05) is 5.73 Å². The summed E-state index contributed by atoms with van der Waals surface area (Å²) >= 11 is 5.85. The van der Waals surface area contributed by atoms with Crippen LogP contribution in [-0.4, -0.2) is 15.0 Å². The third kappa shape index (κ3) is 2.06. The number of halogens is 1. The first-order valence-corrected chi connectivity index (χ1v) is 6.09. The highest BCUT2D eigenvalue weighted by molar-refractivity contribution is 6.31.